The molecule has 1 aromatic carbocycles. The number of anilines is 2. The standard InChI is InChI=1S/C13H14N2O2S/c1-8-5-4-6-10(7-8)15-13-14-9(2)11(18-13)12(16)17-3/h4-7H,1-3H3,(H,14,15). The van der Waals surface area contributed by atoms with Crippen LogP contribution in [0, 0.1) is 13.8 Å². The van der Waals surface area contributed by atoms with E-state index in [0.29, 0.717) is 15.7 Å². The average Bonchev–Trinajstić information content (AvgIpc) is 2.69. The summed E-state index contributed by atoms with van der Waals surface area (Å²) in [5.74, 6) is -0.345. The van der Waals surface area contributed by atoms with Gasteiger partial charge in [-0.15, -0.1) is 0 Å². The van der Waals surface area contributed by atoms with E-state index in [1.165, 1.54) is 24.0 Å². The van der Waals surface area contributed by atoms with E-state index < -0.39 is 0 Å². The lowest BCUT2D eigenvalue weighted by atomic mass is 10.2. The van der Waals surface area contributed by atoms with Crippen LogP contribution in [0.5, 0.6) is 0 Å². The molecule has 0 radical (unpaired) electrons. The molecule has 1 aromatic heterocycles. The van der Waals surface area contributed by atoms with Gasteiger partial charge >= 0.3 is 5.97 Å². The lowest BCUT2D eigenvalue weighted by Gasteiger charge is -2.02. The third-order valence-corrected chi connectivity index (χ3v) is 3.49. The van der Waals surface area contributed by atoms with Crippen LogP contribution in [0.4, 0.5) is 10.8 Å². The minimum Gasteiger partial charge on any atom is -0.465 e. The Morgan fingerprint density at radius 3 is 2.83 bits per heavy atom. The minimum absolute atomic E-state index is 0.345. The lowest BCUT2D eigenvalue weighted by Crippen LogP contribution is -1.99. The predicted molar refractivity (Wildman–Crippen MR) is 72.7 cm³/mol. The van der Waals surface area contributed by atoms with Crippen LogP contribution in [0.15, 0.2) is 24.3 Å². The molecule has 1 heterocycles. The number of ether oxygens (including phenoxy) is 1. The van der Waals surface area contributed by atoms with E-state index >= 15 is 0 Å². The van der Waals surface area contributed by atoms with Gasteiger partial charge in [-0.3, -0.25) is 0 Å². The molecule has 94 valence electrons. The van der Waals surface area contributed by atoms with Gasteiger partial charge in [-0.1, -0.05) is 23.5 Å². The molecule has 0 saturated heterocycles. The first-order chi connectivity index (χ1) is 8.60. The number of aryl methyl sites for hydroxylation is 2. The van der Waals surface area contributed by atoms with Crippen molar-refractivity contribution in [3.63, 3.8) is 0 Å². The number of carbonyl (C=O) groups is 1. The fourth-order valence-electron chi connectivity index (χ4n) is 1.58. The van der Waals surface area contributed by atoms with Crippen molar-refractivity contribution in [2.75, 3.05) is 12.4 Å². The third-order valence-electron chi connectivity index (χ3n) is 2.44. The second-order valence-corrected chi connectivity index (χ2v) is 4.92. The van der Waals surface area contributed by atoms with Gasteiger partial charge in [0, 0.05) is 5.69 Å². The van der Waals surface area contributed by atoms with Crippen LogP contribution in [0.1, 0.15) is 20.9 Å². The van der Waals surface area contributed by atoms with Crippen LogP contribution in [0.25, 0.3) is 0 Å². The molecule has 0 aliphatic heterocycles. The van der Waals surface area contributed by atoms with E-state index in [2.05, 4.69) is 10.3 Å². The molecule has 2 aromatic rings. The molecular weight excluding hydrogens is 248 g/mol. The number of thiazole rings is 1. The summed E-state index contributed by atoms with van der Waals surface area (Å²) in [5.41, 5.74) is 2.81. The molecule has 18 heavy (non-hydrogen) atoms. The fraction of sp³-hybridized carbons (Fsp3) is 0.231. The van der Waals surface area contributed by atoms with Crippen LogP contribution in [0.2, 0.25) is 0 Å². The number of methoxy groups -OCH3 is 1. The van der Waals surface area contributed by atoms with Crippen molar-refractivity contribution in [1.29, 1.82) is 0 Å². The van der Waals surface area contributed by atoms with Crippen LogP contribution in [0.3, 0.4) is 0 Å². The Kier molecular flexibility index (Phi) is 3.62. The smallest absolute Gasteiger partial charge is 0.350 e. The topological polar surface area (TPSA) is 51.2 Å². The number of rotatable bonds is 3. The summed E-state index contributed by atoms with van der Waals surface area (Å²) >= 11 is 1.30. The number of carbonyl (C=O) groups excluding carboxylic acids is 1. The summed E-state index contributed by atoms with van der Waals surface area (Å²) in [6.45, 7) is 3.82. The van der Waals surface area contributed by atoms with E-state index in [4.69, 9.17) is 4.74 Å². The Bertz CT molecular complexity index is 578. The molecule has 0 aliphatic rings. The minimum atomic E-state index is -0.345. The molecule has 0 atom stereocenters. The van der Waals surface area contributed by atoms with Crippen LogP contribution in [-0.4, -0.2) is 18.1 Å². The van der Waals surface area contributed by atoms with Crippen molar-refractivity contribution < 1.29 is 9.53 Å². The van der Waals surface area contributed by atoms with Crippen molar-refractivity contribution in [3.8, 4) is 0 Å². The van der Waals surface area contributed by atoms with Gasteiger partial charge in [-0.2, -0.15) is 0 Å². The van der Waals surface area contributed by atoms with E-state index in [0.717, 1.165) is 5.69 Å². The zero-order valence-corrected chi connectivity index (χ0v) is 11.3. The van der Waals surface area contributed by atoms with Gasteiger partial charge in [-0.25, -0.2) is 9.78 Å². The molecule has 0 aliphatic carbocycles. The first-order valence-electron chi connectivity index (χ1n) is 5.49. The summed E-state index contributed by atoms with van der Waals surface area (Å²) in [4.78, 5) is 16.3. The monoisotopic (exact) mass is 262 g/mol. The van der Waals surface area contributed by atoms with Gasteiger partial charge in [0.1, 0.15) is 4.88 Å². The summed E-state index contributed by atoms with van der Waals surface area (Å²) < 4.78 is 4.70. The predicted octanol–water partition coefficient (Wildman–Crippen LogP) is 3.29. The van der Waals surface area contributed by atoms with Crippen molar-refractivity contribution in [2.45, 2.75) is 13.8 Å². The lowest BCUT2D eigenvalue weighted by molar-refractivity contribution is 0.0605. The molecule has 2 rings (SSSR count). The number of hydrogen-bond acceptors (Lipinski definition) is 5. The second kappa shape index (κ2) is 5.18. The molecule has 0 bridgehead atoms. The first-order valence-corrected chi connectivity index (χ1v) is 6.31. The molecule has 0 amide bonds. The molecule has 0 unspecified atom stereocenters. The highest BCUT2D eigenvalue weighted by Gasteiger charge is 2.15. The Balaban J connectivity index is 2.23. The van der Waals surface area contributed by atoms with Crippen LogP contribution < -0.4 is 5.32 Å². The summed E-state index contributed by atoms with van der Waals surface area (Å²) in [7, 11) is 1.37. The van der Waals surface area contributed by atoms with Crippen molar-refractivity contribution in [2.24, 2.45) is 0 Å². The van der Waals surface area contributed by atoms with E-state index in [-0.39, 0.29) is 5.97 Å². The molecule has 0 saturated carbocycles. The molecular formula is C13H14N2O2S. The molecule has 4 nitrogen and oxygen atoms in total. The first kappa shape index (κ1) is 12.6. The maximum atomic E-state index is 11.5. The Morgan fingerprint density at radius 1 is 1.39 bits per heavy atom. The average molecular weight is 262 g/mol. The van der Waals surface area contributed by atoms with Crippen LogP contribution >= 0.6 is 11.3 Å². The van der Waals surface area contributed by atoms with Gasteiger partial charge < -0.3 is 10.1 Å². The number of aromatic nitrogens is 1. The summed E-state index contributed by atoms with van der Waals surface area (Å²) in [6.07, 6.45) is 0. The van der Waals surface area contributed by atoms with Crippen LogP contribution in [-0.2, 0) is 4.74 Å². The number of esters is 1. The molecule has 0 spiro atoms. The van der Waals surface area contributed by atoms with Gasteiger partial charge in [0.25, 0.3) is 0 Å². The van der Waals surface area contributed by atoms with E-state index in [9.17, 15) is 4.79 Å². The molecule has 5 heteroatoms. The van der Waals surface area contributed by atoms with Gasteiger partial charge in [0.05, 0.1) is 12.8 Å². The largest absolute Gasteiger partial charge is 0.465 e. The van der Waals surface area contributed by atoms with Gasteiger partial charge in [0.2, 0.25) is 0 Å². The zero-order valence-electron chi connectivity index (χ0n) is 10.5. The number of hydrogen-bond donors (Lipinski definition) is 1. The third kappa shape index (κ3) is 2.68. The summed E-state index contributed by atoms with van der Waals surface area (Å²) in [5, 5.41) is 3.88. The molecule has 0 fully saturated rings. The van der Waals surface area contributed by atoms with Crippen molar-refractivity contribution >= 4 is 28.1 Å². The fourth-order valence-corrected chi connectivity index (χ4v) is 2.48. The quantitative estimate of drug-likeness (QED) is 0.862. The maximum absolute atomic E-state index is 11.5. The Morgan fingerprint density at radius 2 is 2.17 bits per heavy atom. The highest BCUT2D eigenvalue weighted by molar-refractivity contribution is 7.17. The second-order valence-electron chi connectivity index (χ2n) is 3.92. The Labute approximate surface area is 110 Å². The molecule has 1 N–H and O–H groups in total. The highest BCUT2D eigenvalue weighted by Crippen LogP contribution is 2.26. The summed E-state index contributed by atoms with van der Waals surface area (Å²) in [6, 6.07) is 7.98. The normalized spacial score (nSPS) is 10.2. The van der Waals surface area contributed by atoms with Gasteiger partial charge in [0.15, 0.2) is 5.13 Å². The zero-order chi connectivity index (χ0) is 13.1. The highest BCUT2D eigenvalue weighted by atomic mass is 32.1. The Hall–Kier alpha value is -1.88. The van der Waals surface area contributed by atoms with Crippen molar-refractivity contribution in [1.82, 2.24) is 4.98 Å². The van der Waals surface area contributed by atoms with E-state index in [1.54, 1.807) is 6.92 Å². The van der Waals surface area contributed by atoms with E-state index in [1.807, 2.05) is 31.2 Å². The number of nitrogens with one attached hydrogen (secondary N) is 1. The van der Waals surface area contributed by atoms with Gasteiger partial charge in [-0.05, 0) is 31.5 Å². The number of nitrogens with zero attached hydrogens (tertiary/aromatic N) is 1. The number of benzene rings is 1. The van der Waals surface area contributed by atoms with Crippen molar-refractivity contribution in [3.05, 3.63) is 40.4 Å². The maximum Gasteiger partial charge on any atom is 0.350 e. The SMILES string of the molecule is COC(=O)c1sc(Nc2cccc(C)c2)nc1C.